The van der Waals surface area contributed by atoms with Crippen LogP contribution < -0.4 is 14.8 Å². The predicted octanol–water partition coefficient (Wildman–Crippen LogP) is 3.10. The first-order valence-corrected chi connectivity index (χ1v) is 5.92. The lowest BCUT2D eigenvalue weighted by Gasteiger charge is -2.09. The van der Waals surface area contributed by atoms with Gasteiger partial charge in [-0.3, -0.25) is 4.79 Å². The molecule has 4 nitrogen and oxygen atoms in total. The zero-order valence-electron chi connectivity index (χ0n) is 11.1. The molecule has 5 heteroatoms. The Hall–Kier alpha value is -2.56. The first-order chi connectivity index (χ1) is 9.62. The van der Waals surface area contributed by atoms with Gasteiger partial charge in [-0.25, -0.2) is 4.39 Å². The van der Waals surface area contributed by atoms with Crippen molar-refractivity contribution in [3.63, 3.8) is 0 Å². The number of ether oxygens (including phenoxy) is 2. The number of carbonyl (C=O) groups is 1. The highest BCUT2D eigenvalue weighted by molar-refractivity contribution is 6.04. The van der Waals surface area contributed by atoms with Crippen LogP contribution in [-0.2, 0) is 0 Å². The highest BCUT2D eigenvalue weighted by atomic mass is 19.1. The van der Waals surface area contributed by atoms with Crippen molar-refractivity contribution < 1.29 is 18.7 Å². The van der Waals surface area contributed by atoms with E-state index in [2.05, 4.69) is 5.32 Å². The van der Waals surface area contributed by atoms with Gasteiger partial charge in [0.1, 0.15) is 17.3 Å². The molecule has 0 fully saturated rings. The number of carbonyl (C=O) groups excluding carboxylic acids is 1. The summed E-state index contributed by atoms with van der Waals surface area (Å²) in [5, 5.41) is 2.67. The van der Waals surface area contributed by atoms with Gasteiger partial charge < -0.3 is 14.8 Å². The van der Waals surface area contributed by atoms with Crippen molar-refractivity contribution in [1.82, 2.24) is 0 Å². The van der Waals surface area contributed by atoms with Crippen LogP contribution in [0, 0.1) is 5.82 Å². The van der Waals surface area contributed by atoms with Crippen LogP contribution in [0.25, 0.3) is 0 Å². The second-order valence-electron chi connectivity index (χ2n) is 4.06. The van der Waals surface area contributed by atoms with E-state index in [1.165, 1.54) is 38.5 Å². The molecule has 104 valence electrons. The van der Waals surface area contributed by atoms with E-state index in [4.69, 9.17) is 9.47 Å². The molecule has 20 heavy (non-hydrogen) atoms. The third-order valence-electron chi connectivity index (χ3n) is 2.72. The van der Waals surface area contributed by atoms with Gasteiger partial charge in [0.05, 0.1) is 14.2 Å². The monoisotopic (exact) mass is 275 g/mol. The Kier molecular flexibility index (Phi) is 4.20. The molecule has 0 heterocycles. The number of benzene rings is 2. The van der Waals surface area contributed by atoms with E-state index in [0.29, 0.717) is 22.7 Å². The maximum Gasteiger partial charge on any atom is 0.255 e. The fraction of sp³-hybridized carbons (Fsp3) is 0.133. The smallest absolute Gasteiger partial charge is 0.255 e. The zero-order valence-corrected chi connectivity index (χ0v) is 11.1. The van der Waals surface area contributed by atoms with Crippen molar-refractivity contribution >= 4 is 11.6 Å². The van der Waals surface area contributed by atoms with E-state index in [9.17, 15) is 9.18 Å². The lowest BCUT2D eigenvalue weighted by molar-refractivity contribution is 0.102. The Morgan fingerprint density at radius 1 is 1.00 bits per heavy atom. The average molecular weight is 275 g/mol. The summed E-state index contributed by atoms with van der Waals surface area (Å²) in [5.41, 5.74) is 0.906. The molecular formula is C15H14FNO3. The average Bonchev–Trinajstić information content (AvgIpc) is 2.48. The minimum atomic E-state index is -0.356. The third kappa shape index (κ3) is 3.26. The van der Waals surface area contributed by atoms with Crippen LogP contribution in [0.3, 0.4) is 0 Å². The van der Waals surface area contributed by atoms with E-state index in [0.717, 1.165) is 0 Å². The van der Waals surface area contributed by atoms with Gasteiger partial charge in [0.2, 0.25) is 0 Å². The third-order valence-corrected chi connectivity index (χ3v) is 2.72. The van der Waals surface area contributed by atoms with Gasteiger partial charge in [0.25, 0.3) is 5.91 Å². The van der Waals surface area contributed by atoms with Crippen molar-refractivity contribution in [3.8, 4) is 11.5 Å². The maximum atomic E-state index is 12.8. The molecule has 0 aliphatic carbocycles. The molecule has 1 amide bonds. The second-order valence-corrected chi connectivity index (χ2v) is 4.06. The summed E-state index contributed by atoms with van der Waals surface area (Å²) in [6, 6.07) is 10.4. The summed E-state index contributed by atoms with van der Waals surface area (Å²) < 4.78 is 23.0. The Morgan fingerprint density at radius 2 is 1.55 bits per heavy atom. The van der Waals surface area contributed by atoms with Crippen molar-refractivity contribution in [2.24, 2.45) is 0 Å². The van der Waals surface area contributed by atoms with Gasteiger partial charge in [-0.1, -0.05) is 0 Å². The number of amides is 1. The van der Waals surface area contributed by atoms with Gasteiger partial charge in [-0.05, 0) is 36.4 Å². The fourth-order valence-electron chi connectivity index (χ4n) is 1.68. The molecule has 2 aromatic rings. The lowest BCUT2D eigenvalue weighted by atomic mass is 10.2. The van der Waals surface area contributed by atoms with Crippen molar-refractivity contribution in [1.29, 1.82) is 0 Å². The van der Waals surface area contributed by atoms with Crippen LogP contribution in [0.4, 0.5) is 10.1 Å². The van der Waals surface area contributed by atoms with Gasteiger partial charge in [-0.2, -0.15) is 0 Å². The van der Waals surface area contributed by atoms with Crippen LogP contribution in [0.1, 0.15) is 10.4 Å². The summed E-state index contributed by atoms with van der Waals surface area (Å²) in [6.07, 6.45) is 0. The first-order valence-electron chi connectivity index (χ1n) is 5.92. The number of halogens is 1. The molecule has 0 aliphatic rings. The Morgan fingerprint density at radius 3 is 2.05 bits per heavy atom. The minimum Gasteiger partial charge on any atom is -0.497 e. The van der Waals surface area contributed by atoms with Crippen LogP contribution in [0.5, 0.6) is 11.5 Å². The molecule has 0 saturated heterocycles. The molecule has 0 aliphatic heterocycles. The number of hydrogen-bond donors (Lipinski definition) is 1. The Balaban J connectivity index is 2.22. The van der Waals surface area contributed by atoms with Gasteiger partial charge in [0.15, 0.2) is 0 Å². The summed E-state index contributed by atoms with van der Waals surface area (Å²) >= 11 is 0. The van der Waals surface area contributed by atoms with E-state index in [-0.39, 0.29) is 11.7 Å². The molecule has 0 aromatic heterocycles. The van der Waals surface area contributed by atoms with Crippen molar-refractivity contribution in [3.05, 3.63) is 53.8 Å². The molecule has 0 atom stereocenters. The number of rotatable bonds is 4. The van der Waals surface area contributed by atoms with Gasteiger partial charge >= 0.3 is 0 Å². The van der Waals surface area contributed by atoms with Crippen molar-refractivity contribution in [2.75, 3.05) is 19.5 Å². The van der Waals surface area contributed by atoms with Crippen LogP contribution in [-0.4, -0.2) is 20.1 Å². The zero-order chi connectivity index (χ0) is 14.5. The maximum absolute atomic E-state index is 12.8. The summed E-state index contributed by atoms with van der Waals surface area (Å²) in [4.78, 5) is 12.1. The molecule has 0 saturated carbocycles. The number of anilines is 1. The highest BCUT2D eigenvalue weighted by Gasteiger charge is 2.10. The van der Waals surface area contributed by atoms with Crippen LogP contribution >= 0.6 is 0 Å². The highest BCUT2D eigenvalue weighted by Crippen LogP contribution is 2.23. The molecular weight excluding hydrogens is 261 g/mol. The topological polar surface area (TPSA) is 47.6 Å². The Labute approximate surface area is 116 Å². The molecule has 1 N–H and O–H groups in total. The SMILES string of the molecule is COc1cc(OC)cc(C(=O)Nc2ccc(F)cc2)c1. The predicted molar refractivity (Wildman–Crippen MR) is 73.9 cm³/mol. The Bertz CT molecular complexity index is 589. The number of nitrogens with one attached hydrogen (secondary N) is 1. The number of methoxy groups -OCH3 is 2. The van der Waals surface area contributed by atoms with E-state index in [1.807, 2.05) is 0 Å². The first kappa shape index (κ1) is 13.9. The molecule has 2 aromatic carbocycles. The second kappa shape index (κ2) is 6.06. The van der Waals surface area contributed by atoms with Crippen molar-refractivity contribution in [2.45, 2.75) is 0 Å². The lowest BCUT2D eigenvalue weighted by Crippen LogP contribution is -2.12. The molecule has 0 bridgehead atoms. The van der Waals surface area contributed by atoms with Gasteiger partial charge in [-0.15, -0.1) is 0 Å². The molecule has 0 spiro atoms. The number of hydrogen-bond acceptors (Lipinski definition) is 3. The summed E-state index contributed by atoms with van der Waals surface area (Å²) in [5.74, 6) is 0.363. The van der Waals surface area contributed by atoms with Gasteiger partial charge in [0, 0.05) is 17.3 Å². The molecule has 0 unspecified atom stereocenters. The minimum absolute atomic E-state index is 0.325. The quantitative estimate of drug-likeness (QED) is 0.932. The standard InChI is InChI=1S/C15H14FNO3/c1-19-13-7-10(8-14(9-13)20-2)15(18)17-12-5-3-11(16)4-6-12/h3-9H,1-2H3,(H,17,18). The summed E-state index contributed by atoms with van der Waals surface area (Å²) in [6.45, 7) is 0. The molecule has 2 rings (SSSR count). The van der Waals surface area contributed by atoms with E-state index in [1.54, 1.807) is 18.2 Å². The largest absolute Gasteiger partial charge is 0.497 e. The molecule has 0 radical (unpaired) electrons. The fourth-order valence-corrected chi connectivity index (χ4v) is 1.68. The van der Waals surface area contributed by atoms with E-state index >= 15 is 0 Å². The van der Waals surface area contributed by atoms with Crippen LogP contribution in [0.2, 0.25) is 0 Å². The van der Waals surface area contributed by atoms with Crippen LogP contribution in [0.15, 0.2) is 42.5 Å². The summed E-state index contributed by atoms with van der Waals surface area (Å²) in [7, 11) is 3.02. The normalized spacial score (nSPS) is 9.95. The van der Waals surface area contributed by atoms with E-state index < -0.39 is 0 Å².